The minimum Gasteiger partial charge on any atom is -0.496 e. The molecule has 0 radical (unpaired) electrons. The zero-order chi connectivity index (χ0) is 24.6. The lowest BCUT2D eigenvalue weighted by Crippen LogP contribution is -2.09. The number of rotatable bonds is 9. The van der Waals surface area contributed by atoms with Crippen LogP contribution in [-0.4, -0.2) is 22.8 Å². The third-order valence-electron chi connectivity index (χ3n) is 5.50. The van der Waals surface area contributed by atoms with Crippen molar-refractivity contribution in [2.45, 2.75) is 27.0 Å². The van der Waals surface area contributed by atoms with Gasteiger partial charge in [0.15, 0.2) is 5.82 Å². The average molecular weight is 468 g/mol. The molecule has 6 heteroatoms. The quantitative estimate of drug-likeness (QED) is 0.317. The highest BCUT2D eigenvalue weighted by molar-refractivity contribution is 6.01. The third kappa shape index (κ3) is 6.84. The first kappa shape index (κ1) is 23.8. The van der Waals surface area contributed by atoms with Crippen LogP contribution in [-0.2, 0) is 17.9 Å². The van der Waals surface area contributed by atoms with Crippen LogP contribution in [0.15, 0.2) is 85.1 Å². The average Bonchev–Trinajstić information content (AvgIpc) is 3.30. The zero-order valence-corrected chi connectivity index (χ0v) is 20.2. The third-order valence-corrected chi connectivity index (χ3v) is 5.50. The fourth-order valence-corrected chi connectivity index (χ4v) is 3.55. The molecular formula is C29H29N3O3. The summed E-state index contributed by atoms with van der Waals surface area (Å²) in [5.41, 5.74) is 5.31. The van der Waals surface area contributed by atoms with E-state index in [1.54, 1.807) is 23.9 Å². The highest BCUT2D eigenvalue weighted by atomic mass is 16.5. The van der Waals surface area contributed by atoms with Crippen molar-refractivity contribution in [3.05, 3.63) is 113 Å². The number of hydrogen-bond acceptors (Lipinski definition) is 4. The van der Waals surface area contributed by atoms with Crippen molar-refractivity contribution in [2.24, 2.45) is 0 Å². The molecule has 178 valence electrons. The summed E-state index contributed by atoms with van der Waals surface area (Å²) >= 11 is 0. The Labute approximate surface area is 205 Å². The number of aromatic nitrogens is 2. The van der Waals surface area contributed by atoms with Crippen LogP contribution < -0.4 is 14.8 Å². The molecule has 0 spiro atoms. The molecule has 1 amide bonds. The molecule has 3 aromatic carbocycles. The fourth-order valence-electron chi connectivity index (χ4n) is 3.55. The van der Waals surface area contributed by atoms with Crippen molar-refractivity contribution in [2.75, 3.05) is 12.4 Å². The van der Waals surface area contributed by atoms with Gasteiger partial charge in [-0.25, -0.2) is 0 Å². The van der Waals surface area contributed by atoms with Gasteiger partial charge >= 0.3 is 0 Å². The number of methoxy groups -OCH3 is 1. The summed E-state index contributed by atoms with van der Waals surface area (Å²) in [7, 11) is 1.63. The Hall–Kier alpha value is -4.32. The molecule has 0 fully saturated rings. The SMILES string of the molecule is COc1ccc(/C=C/C(=O)Nc2ccn(Cc3ccc(C)cc3)n2)cc1COc1ccc(C)cc1. The summed E-state index contributed by atoms with van der Waals surface area (Å²) in [6, 6.07) is 23.7. The van der Waals surface area contributed by atoms with Crippen molar-refractivity contribution in [3.8, 4) is 11.5 Å². The highest BCUT2D eigenvalue weighted by Gasteiger charge is 2.07. The van der Waals surface area contributed by atoms with Gasteiger partial charge < -0.3 is 14.8 Å². The molecule has 1 aromatic heterocycles. The molecule has 0 atom stereocenters. The van der Waals surface area contributed by atoms with E-state index in [4.69, 9.17) is 9.47 Å². The lowest BCUT2D eigenvalue weighted by Gasteiger charge is -2.11. The molecule has 0 aliphatic rings. The monoisotopic (exact) mass is 467 g/mol. The second kappa shape index (κ2) is 11.2. The van der Waals surface area contributed by atoms with Crippen LogP contribution in [0.4, 0.5) is 5.82 Å². The summed E-state index contributed by atoms with van der Waals surface area (Å²) in [5, 5.41) is 7.24. The molecule has 1 heterocycles. The van der Waals surface area contributed by atoms with Crippen LogP contribution >= 0.6 is 0 Å². The lowest BCUT2D eigenvalue weighted by atomic mass is 10.1. The van der Waals surface area contributed by atoms with E-state index in [0.717, 1.165) is 28.2 Å². The van der Waals surface area contributed by atoms with E-state index in [-0.39, 0.29) is 5.91 Å². The fraction of sp³-hybridized carbons (Fsp3) is 0.172. The Balaban J connectivity index is 1.36. The number of carbonyl (C=O) groups excluding carboxylic acids is 1. The second-order valence-electron chi connectivity index (χ2n) is 8.38. The minimum absolute atomic E-state index is 0.251. The number of nitrogens with zero attached hydrogens (tertiary/aromatic N) is 2. The van der Waals surface area contributed by atoms with Crippen molar-refractivity contribution in [3.63, 3.8) is 0 Å². The topological polar surface area (TPSA) is 65.4 Å². The molecule has 0 aliphatic heterocycles. The number of benzene rings is 3. The van der Waals surface area contributed by atoms with Gasteiger partial charge in [0, 0.05) is 23.9 Å². The molecule has 4 aromatic rings. The second-order valence-corrected chi connectivity index (χ2v) is 8.38. The Morgan fingerprint density at radius 3 is 2.40 bits per heavy atom. The van der Waals surface area contributed by atoms with Crippen LogP contribution in [0, 0.1) is 13.8 Å². The van der Waals surface area contributed by atoms with E-state index >= 15 is 0 Å². The van der Waals surface area contributed by atoms with Crippen LogP contribution in [0.5, 0.6) is 11.5 Å². The van der Waals surface area contributed by atoms with Crippen LogP contribution in [0.2, 0.25) is 0 Å². The number of anilines is 1. The molecule has 0 saturated carbocycles. The molecular weight excluding hydrogens is 438 g/mol. The van der Waals surface area contributed by atoms with E-state index in [9.17, 15) is 4.79 Å². The van der Waals surface area contributed by atoms with Crippen LogP contribution in [0.1, 0.15) is 27.8 Å². The summed E-state index contributed by atoms with van der Waals surface area (Å²) in [4.78, 5) is 12.4. The van der Waals surface area contributed by atoms with E-state index in [1.807, 2.05) is 55.6 Å². The Morgan fingerprint density at radius 1 is 0.971 bits per heavy atom. The van der Waals surface area contributed by atoms with Gasteiger partial charge in [-0.2, -0.15) is 5.10 Å². The largest absolute Gasteiger partial charge is 0.496 e. The van der Waals surface area contributed by atoms with E-state index in [1.165, 1.54) is 17.2 Å². The maximum atomic E-state index is 12.4. The maximum absolute atomic E-state index is 12.4. The van der Waals surface area contributed by atoms with Gasteiger partial charge in [0.2, 0.25) is 5.91 Å². The minimum atomic E-state index is -0.251. The number of amides is 1. The first-order valence-electron chi connectivity index (χ1n) is 11.4. The molecule has 0 unspecified atom stereocenters. The molecule has 0 saturated heterocycles. The highest BCUT2D eigenvalue weighted by Crippen LogP contribution is 2.23. The summed E-state index contributed by atoms with van der Waals surface area (Å²) in [5.74, 6) is 1.78. The Kier molecular flexibility index (Phi) is 7.63. The van der Waals surface area contributed by atoms with Gasteiger partial charge in [-0.1, -0.05) is 53.6 Å². The first-order chi connectivity index (χ1) is 17.0. The van der Waals surface area contributed by atoms with E-state index in [0.29, 0.717) is 19.0 Å². The number of nitrogens with one attached hydrogen (secondary N) is 1. The normalized spacial score (nSPS) is 10.9. The predicted octanol–water partition coefficient (Wildman–Crippen LogP) is 5.79. The van der Waals surface area contributed by atoms with Crippen LogP contribution in [0.3, 0.4) is 0 Å². The molecule has 6 nitrogen and oxygen atoms in total. The van der Waals surface area contributed by atoms with Gasteiger partial charge in [-0.05, 0) is 55.3 Å². The number of aryl methyl sites for hydroxylation is 2. The van der Waals surface area contributed by atoms with Crippen LogP contribution in [0.25, 0.3) is 6.08 Å². The van der Waals surface area contributed by atoms with E-state index in [2.05, 4.69) is 41.6 Å². The summed E-state index contributed by atoms with van der Waals surface area (Å²) in [6.07, 6.45) is 5.10. The molecule has 0 bridgehead atoms. The van der Waals surface area contributed by atoms with Gasteiger partial charge in [0.25, 0.3) is 0 Å². The van der Waals surface area contributed by atoms with E-state index < -0.39 is 0 Å². The molecule has 4 rings (SSSR count). The zero-order valence-electron chi connectivity index (χ0n) is 20.2. The lowest BCUT2D eigenvalue weighted by molar-refractivity contribution is -0.111. The Bertz CT molecular complexity index is 1310. The predicted molar refractivity (Wildman–Crippen MR) is 139 cm³/mol. The maximum Gasteiger partial charge on any atom is 0.249 e. The first-order valence-corrected chi connectivity index (χ1v) is 11.4. The summed E-state index contributed by atoms with van der Waals surface area (Å²) in [6.45, 7) is 5.10. The number of carbonyl (C=O) groups is 1. The van der Waals surface area contributed by atoms with Gasteiger partial charge in [-0.3, -0.25) is 9.48 Å². The smallest absolute Gasteiger partial charge is 0.249 e. The van der Waals surface area contributed by atoms with Crippen molar-refractivity contribution in [1.29, 1.82) is 0 Å². The molecule has 35 heavy (non-hydrogen) atoms. The Morgan fingerprint density at radius 2 is 1.69 bits per heavy atom. The van der Waals surface area contributed by atoms with Crippen molar-refractivity contribution >= 4 is 17.8 Å². The number of hydrogen-bond donors (Lipinski definition) is 1. The summed E-state index contributed by atoms with van der Waals surface area (Å²) < 4.78 is 13.2. The van der Waals surface area contributed by atoms with Gasteiger partial charge in [0.05, 0.1) is 13.7 Å². The van der Waals surface area contributed by atoms with Crippen molar-refractivity contribution in [1.82, 2.24) is 9.78 Å². The van der Waals surface area contributed by atoms with Gasteiger partial charge in [-0.15, -0.1) is 0 Å². The van der Waals surface area contributed by atoms with Crippen molar-refractivity contribution < 1.29 is 14.3 Å². The molecule has 0 aliphatic carbocycles. The number of ether oxygens (including phenoxy) is 2. The molecule has 1 N–H and O–H groups in total. The standard InChI is InChI=1S/C29H29N3O3/c1-21-4-8-24(9-5-21)19-32-17-16-28(31-32)30-29(33)15-11-23-10-14-27(34-3)25(18-23)20-35-26-12-6-22(2)7-13-26/h4-18H,19-20H2,1-3H3,(H,30,31,33)/b15-11+. The van der Waals surface area contributed by atoms with Gasteiger partial charge in [0.1, 0.15) is 18.1 Å².